The van der Waals surface area contributed by atoms with Crippen molar-refractivity contribution in [1.29, 1.82) is 0 Å². The Balaban J connectivity index is 0.000000730. The van der Waals surface area contributed by atoms with Crippen molar-refractivity contribution in [3.05, 3.63) is 24.0 Å². The maximum atomic E-state index is 13.3. The van der Waals surface area contributed by atoms with Crippen molar-refractivity contribution < 1.29 is 27.8 Å². The van der Waals surface area contributed by atoms with Crippen LogP contribution in [0.15, 0.2) is 18.5 Å². The molecule has 3 heterocycles. The molecule has 3 N–H and O–H groups in total. The number of anilines is 1. The van der Waals surface area contributed by atoms with Gasteiger partial charge in [-0.25, -0.2) is 4.79 Å². The van der Waals surface area contributed by atoms with Crippen molar-refractivity contribution in [3.63, 3.8) is 0 Å². The summed E-state index contributed by atoms with van der Waals surface area (Å²) in [5, 5.41) is 19.7. The van der Waals surface area contributed by atoms with E-state index in [-0.39, 0.29) is 6.54 Å². The van der Waals surface area contributed by atoms with E-state index >= 15 is 0 Å². The molecule has 1 atom stereocenters. The van der Waals surface area contributed by atoms with E-state index in [4.69, 9.17) is 4.74 Å². The molecular formula is C26H36F3N5O3. The Bertz CT molecular complexity index is 1090. The monoisotopic (exact) mass is 523 g/mol. The number of nitrogens with zero attached hydrogens (tertiary/aromatic N) is 3. The number of piperidine rings is 1. The molecule has 0 aromatic carbocycles. The van der Waals surface area contributed by atoms with E-state index in [0.717, 1.165) is 5.56 Å². The molecule has 8 nitrogen and oxygen atoms in total. The molecule has 0 radical (unpaired) electrons. The van der Waals surface area contributed by atoms with Gasteiger partial charge in [0.15, 0.2) is 5.60 Å². The topological polar surface area (TPSA) is 103 Å². The number of likely N-dealkylation sites (tertiary alicyclic amines) is 1. The van der Waals surface area contributed by atoms with Crippen LogP contribution in [-0.4, -0.2) is 61.7 Å². The second-order valence-electron chi connectivity index (χ2n) is 10.9. The highest BCUT2D eigenvalue weighted by Gasteiger charge is 2.65. The summed E-state index contributed by atoms with van der Waals surface area (Å²) in [4.78, 5) is 18.8. The summed E-state index contributed by atoms with van der Waals surface area (Å²) in [6.07, 6.45) is 4.15. The van der Waals surface area contributed by atoms with Gasteiger partial charge in [-0.05, 0) is 25.7 Å². The van der Waals surface area contributed by atoms with Crippen LogP contribution >= 0.6 is 0 Å². The Morgan fingerprint density at radius 3 is 2.46 bits per heavy atom. The number of carbonyl (C=O) groups is 1. The number of urea groups is 1. The quantitative estimate of drug-likeness (QED) is 0.458. The summed E-state index contributed by atoms with van der Waals surface area (Å²) in [5.41, 5.74) is -1.54. The Kier molecular flexibility index (Phi) is 7.73. The highest BCUT2D eigenvalue weighted by Crippen LogP contribution is 2.55. The number of H-pyrrole nitrogens is 1. The zero-order valence-corrected chi connectivity index (χ0v) is 21.6. The van der Waals surface area contributed by atoms with Crippen molar-refractivity contribution in [2.45, 2.75) is 89.5 Å². The number of hydrogen-bond donors (Lipinski definition) is 3. The van der Waals surface area contributed by atoms with Crippen LogP contribution in [0.1, 0.15) is 70.8 Å². The molecular weight excluding hydrogens is 487 g/mol. The third kappa shape index (κ3) is 6.02. The summed E-state index contributed by atoms with van der Waals surface area (Å²) in [7, 11) is 0. The number of hydrogen-bond acceptors (Lipinski definition) is 5. The largest absolute Gasteiger partial charge is 0.493 e. The van der Waals surface area contributed by atoms with Crippen molar-refractivity contribution in [3.8, 4) is 17.1 Å². The van der Waals surface area contributed by atoms with Crippen LogP contribution in [0.5, 0.6) is 5.75 Å². The Hall–Kier alpha value is -2.82. The number of aromatic nitrogens is 3. The highest BCUT2D eigenvalue weighted by atomic mass is 19.4. The normalized spacial score (nSPS) is 22.2. The second-order valence-corrected chi connectivity index (χ2v) is 10.9. The molecule has 2 aliphatic carbocycles. The first-order valence-corrected chi connectivity index (χ1v) is 12.9. The van der Waals surface area contributed by atoms with Gasteiger partial charge in [0.2, 0.25) is 0 Å². The van der Waals surface area contributed by atoms with E-state index < -0.39 is 36.2 Å². The molecule has 2 amide bonds. The first kappa shape index (κ1) is 27.2. The van der Waals surface area contributed by atoms with Gasteiger partial charge in [0.25, 0.3) is 0 Å². The van der Waals surface area contributed by atoms with Gasteiger partial charge in [-0.3, -0.25) is 10.1 Å². The van der Waals surface area contributed by atoms with Crippen LogP contribution in [0.4, 0.5) is 23.7 Å². The zero-order valence-electron chi connectivity index (χ0n) is 21.6. The number of carbonyl (C=O) groups excluding carboxylic acids is 1. The van der Waals surface area contributed by atoms with Crippen molar-refractivity contribution in [2.24, 2.45) is 5.92 Å². The van der Waals surface area contributed by atoms with E-state index in [1.165, 1.54) is 36.8 Å². The number of pyridine rings is 1. The van der Waals surface area contributed by atoms with Crippen molar-refractivity contribution >= 4 is 11.7 Å². The summed E-state index contributed by atoms with van der Waals surface area (Å²) in [5.74, 6) is 1.01. The van der Waals surface area contributed by atoms with Gasteiger partial charge in [0.1, 0.15) is 11.4 Å². The number of amides is 2. The molecule has 2 saturated carbocycles. The van der Waals surface area contributed by atoms with Crippen molar-refractivity contribution in [2.75, 3.05) is 18.5 Å². The summed E-state index contributed by atoms with van der Waals surface area (Å²) >= 11 is 0. The average Bonchev–Trinajstić information content (AvgIpc) is 3.36. The number of aryl methyl sites for hydroxylation is 1. The first-order chi connectivity index (χ1) is 17.4. The van der Waals surface area contributed by atoms with Crippen LogP contribution in [0.3, 0.4) is 0 Å². The molecule has 204 valence electrons. The lowest BCUT2D eigenvalue weighted by Gasteiger charge is -2.45. The summed E-state index contributed by atoms with van der Waals surface area (Å²) in [6, 6.07) is 1.23. The second kappa shape index (κ2) is 10.5. The van der Waals surface area contributed by atoms with Crippen LogP contribution in [0.25, 0.3) is 11.4 Å². The molecule has 37 heavy (non-hydrogen) atoms. The third-order valence-corrected chi connectivity index (χ3v) is 7.31. The molecule has 2 aromatic rings. The van der Waals surface area contributed by atoms with E-state index in [1.807, 2.05) is 20.8 Å². The van der Waals surface area contributed by atoms with E-state index in [1.54, 1.807) is 12.3 Å². The number of aromatic amines is 1. The van der Waals surface area contributed by atoms with E-state index in [0.29, 0.717) is 48.2 Å². The van der Waals surface area contributed by atoms with E-state index in [2.05, 4.69) is 20.5 Å². The van der Waals surface area contributed by atoms with Gasteiger partial charge in [0, 0.05) is 42.8 Å². The van der Waals surface area contributed by atoms with Gasteiger partial charge in [-0.2, -0.15) is 18.3 Å². The van der Waals surface area contributed by atoms with Crippen molar-refractivity contribution in [1.82, 2.24) is 20.1 Å². The molecule has 1 saturated heterocycles. The molecule has 1 unspecified atom stereocenters. The lowest BCUT2D eigenvalue weighted by molar-refractivity contribution is -0.277. The third-order valence-electron chi connectivity index (χ3n) is 7.31. The Labute approximate surface area is 215 Å². The molecule has 3 aliphatic rings. The number of halogens is 3. The average molecular weight is 524 g/mol. The van der Waals surface area contributed by atoms with Gasteiger partial charge in [-0.1, -0.05) is 39.5 Å². The standard InChI is InChI=1S/C22H28F3N5O3.C4H8/c1-13(2)11-33-17-8-15(26-9-14(17)3)18-16(10-27-29-18)28-19(31)30-7-6-21(32,22(23,24)25)12-20(30)4-5-20;1-2-4-3-1/h8-10,13,32H,4-7,11-12H2,1-3H3,(H,27,29)(H,28,31);1-4H2. The minimum Gasteiger partial charge on any atom is -0.493 e. The van der Waals surface area contributed by atoms with Gasteiger partial charge >= 0.3 is 12.2 Å². The van der Waals surface area contributed by atoms with Crippen LogP contribution in [0, 0.1) is 12.8 Å². The fourth-order valence-corrected chi connectivity index (χ4v) is 4.47. The molecule has 5 rings (SSSR count). The van der Waals surface area contributed by atoms with E-state index in [9.17, 15) is 23.1 Å². The summed E-state index contributed by atoms with van der Waals surface area (Å²) < 4.78 is 45.8. The van der Waals surface area contributed by atoms with Crippen LogP contribution < -0.4 is 10.1 Å². The Morgan fingerprint density at radius 1 is 1.22 bits per heavy atom. The van der Waals surface area contributed by atoms with Crippen LogP contribution in [-0.2, 0) is 0 Å². The predicted molar refractivity (Wildman–Crippen MR) is 133 cm³/mol. The van der Waals surface area contributed by atoms with Gasteiger partial charge in [0.05, 0.1) is 24.2 Å². The molecule has 2 aromatic heterocycles. The fourth-order valence-electron chi connectivity index (χ4n) is 4.47. The number of aliphatic hydroxyl groups is 1. The number of rotatable bonds is 5. The smallest absolute Gasteiger partial charge is 0.417 e. The number of nitrogens with one attached hydrogen (secondary N) is 2. The maximum absolute atomic E-state index is 13.3. The molecule has 11 heteroatoms. The summed E-state index contributed by atoms with van der Waals surface area (Å²) in [6.45, 7) is 6.32. The Morgan fingerprint density at radius 2 is 1.89 bits per heavy atom. The minimum atomic E-state index is -4.73. The van der Waals surface area contributed by atoms with Gasteiger partial charge in [-0.15, -0.1) is 0 Å². The minimum absolute atomic E-state index is 0.189. The van der Waals surface area contributed by atoms with Crippen LogP contribution in [0.2, 0.25) is 0 Å². The highest BCUT2D eigenvalue weighted by molar-refractivity contribution is 5.93. The molecule has 1 spiro atoms. The molecule has 1 aliphatic heterocycles. The van der Waals surface area contributed by atoms with Gasteiger partial charge < -0.3 is 20.1 Å². The number of alkyl halides is 3. The lowest BCUT2D eigenvalue weighted by atomic mass is 9.84. The fraction of sp³-hybridized carbons (Fsp3) is 0.654. The lowest BCUT2D eigenvalue weighted by Crippen LogP contribution is -2.60. The first-order valence-electron chi connectivity index (χ1n) is 12.9. The predicted octanol–water partition coefficient (Wildman–Crippen LogP) is 5.83. The SMILES string of the molecule is C1CCC1.Cc1cnc(-c2[nH]ncc2NC(=O)N2CCC(O)(C(F)(F)F)CC23CC3)cc1OCC(C)C. The molecule has 0 bridgehead atoms. The zero-order chi connectivity index (χ0) is 26.8. The maximum Gasteiger partial charge on any atom is 0.417 e. The number of ether oxygens (including phenoxy) is 1. The molecule has 3 fully saturated rings.